The van der Waals surface area contributed by atoms with Crippen molar-refractivity contribution in [1.82, 2.24) is 5.43 Å². The molecule has 1 fully saturated rings. The van der Waals surface area contributed by atoms with Crippen molar-refractivity contribution in [3.05, 3.63) is 110 Å². The van der Waals surface area contributed by atoms with Crippen LogP contribution in [0.5, 0.6) is 5.75 Å². The van der Waals surface area contributed by atoms with Gasteiger partial charge in [-0.15, -0.1) is 0 Å². The number of carbonyl (C=O) groups is 2. The number of amides is 2. The van der Waals surface area contributed by atoms with Gasteiger partial charge in [0, 0.05) is 29.8 Å². The SMILES string of the molecule is O=C1NN(c2ccccc2)C(=O)/C1=C\c1cc([N+](=O)[O-])ccc1OCc1ccc([N+](=O)[O-])cc1. The van der Waals surface area contributed by atoms with E-state index in [0.717, 1.165) is 5.01 Å². The van der Waals surface area contributed by atoms with E-state index in [1.165, 1.54) is 48.5 Å². The van der Waals surface area contributed by atoms with Gasteiger partial charge >= 0.3 is 0 Å². The minimum Gasteiger partial charge on any atom is -0.488 e. The fraction of sp³-hybridized carbons (Fsp3) is 0.0435. The number of anilines is 1. The van der Waals surface area contributed by atoms with E-state index in [0.29, 0.717) is 11.3 Å². The zero-order chi connectivity index (χ0) is 24.2. The van der Waals surface area contributed by atoms with E-state index in [9.17, 15) is 29.8 Å². The molecule has 34 heavy (non-hydrogen) atoms. The first-order valence-electron chi connectivity index (χ1n) is 9.90. The Labute approximate surface area is 192 Å². The van der Waals surface area contributed by atoms with E-state index in [-0.39, 0.29) is 34.9 Å². The molecule has 1 heterocycles. The van der Waals surface area contributed by atoms with Gasteiger partial charge in [-0.05, 0) is 42.0 Å². The fourth-order valence-electron chi connectivity index (χ4n) is 3.24. The molecule has 11 heteroatoms. The number of non-ortho nitro benzene ring substituents is 2. The highest BCUT2D eigenvalue weighted by atomic mass is 16.6. The molecule has 0 aromatic heterocycles. The number of ether oxygens (including phenoxy) is 1. The number of carbonyl (C=O) groups excluding carboxylic acids is 2. The number of hydrazine groups is 1. The standard InChI is InChI=1S/C23H16N4O7/c28-22-20(23(29)25(24-22)17-4-2-1-3-5-17)13-16-12-19(27(32)33)10-11-21(16)34-14-15-6-8-18(9-7-15)26(30)31/h1-13H,14H2,(H,24,28)/b20-13-. The Bertz CT molecular complexity index is 1320. The summed E-state index contributed by atoms with van der Waals surface area (Å²) in [6, 6.07) is 18.0. The van der Waals surface area contributed by atoms with Crippen LogP contribution in [-0.2, 0) is 16.2 Å². The summed E-state index contributed by atoms with van der Waals surface area (Å²) in [6.07, 6.45) is 1.23. The molecule has 0 spiro atoms. The van der Waals surface area contributed by atoms with Gasteiger partial charge in [0.15, 0.2) is 0 Å². The van der Waals surface area contributed by atoms with Gasteiger partial charge in [-0.2, -0.15) is 0 Å². The molecule has 3 aromatic rings. The Hall–Kier alpha value is -5.06. The van der Waals surface area contributed by atoms with E-state index < -0.39 is 21.7 Å². The fourth-order valence-corrected chi connectivity index (χ4v) is 3.24. The molecule has 0 aliphatic carbocycles. The maximum Gasteiger partial charge on any atom is 0.282 e. The molecule has 1 aliphatic heterocycles. The maximum absolute atomic E-state index is 12.9. The van der Waals surface area contributed by atoms with Crippen molar-refractivity contribution in [2.75, 3.05) is 5.01 Å². The summed E-state index contributed by atoms with van der Waals surface area (Å²) in [5.74, 6) is -1.10. The van der Waals surface area contributed by atoms with E-state index >= 15 is 0 Å². The van der Waals surface area contributed by atoms with Crippen molar-refractivity contribution in [3.63, 3.8) is 0 Å². The van der Waals surface area contributed by atoms with Gasteiger partial charge in [0.05, 0.1) is 15.5 Å². The summed E-state index contributed by atoms with van der Waals surface area (Å²) in [6.45, 7) is 0.00224. The summed E-state index contributed by atoms with van der Waals surface area (Å²) in [5.41, 5.74) is 3.16. The molecule has 0 saturated carbocycles. The first-order chi connectivity index (χ1) is 16.3. The van der Waals surface area contributed by atoms with Crippen LogP contribution in [0.1, 0.15) is 11.1 Å². The third kappa shape index (κ3) is 4.58. The van der Waals surface area contributed by atoms with Crippen molar-refractivity contribution >= 4 is 35.0 Å². The monoisotopic (exact) mass is 460 g/mol. The second-order valence-corrected chi connectivity index (χ2v) is 7.17. The van der Waals surface area contributed by atoms with E-state index in [1.54, 1.807) is 30.3 Å². The normalized spacial score (nSPS) is 14.2. The van der Waals surface area contributed by atoms with Crippen molar-refractivity contribution < 1.29 is 24.2 Å². The quantitative estimate of drug-likeness (QED) is 0.246. The average Bonchev–Trinajstić information content (AvgIpc) is 3.12. The van der Waals surface area contributed by atoms with Crippen LogP contribution in [-0.4, -0.2) is 21.7 Å². The molecular weight excluding hydrogens is 444 g/mol. The zero-order valence-corrected chi connectivity index (χ0v) is 17.4. The minimum absolute atomic E-state index is 0.00224. The van der Waals surface area contributed by atoms with E-state index in [2.05, 4.69) is 5.43 Å². The lowest BCUT2D eigenvalue weighted by Gasteiger charge is -2.14. The number of nitrogens with one attached hydrogen (secondary N) is 1. The van der Waals surface area contributed by atoms with E-state index in [1.807, 2.05) is 0 Å². The predicted molar refractivity (Wildman–Crippen MR) is 121 cm³/mol. The molecule has 0 bridgehead atoms. The van der Waals surface area contributed by atoms with Crippen molar-refractivity contribution in [3.8, 4) is 5.75 Å². The number of benzene rings is 3. The highest BCUT2D eigenvalue weighted by Crippen LogP contribution is 2.29. The smallest absolute Gasteiger partial charge is 0.282 e. The van der Waals surface area contributed by atoms with Crippen LogP contribution in [0.4, 0.5) is 17.1 Å². The van der Waals surface area contributed by atoms with E-state index in [4.69, 9.17) is 4.74 Å². The Morgan fingerprint density at radius 2 is 1.53 bits per heavy atom. The topological polar surface area (TPSA) is 145 Å². The molecule has 0 radical (unpaired) electrons. The van der Waals surface area contributed by atoms with Crippen LogP contribution in [0.15, 0.2) is 78.4 Å². The highest BCUT2D eigenvalue weighted by Gasteiger charge is 2.34. The molecular formula is C23H16N4O7. The number of para-hydroxylation sites is 1. The van der Waals surface area contributed by atoms with Crippen LogP contribution in [0.3, 0.4) is 0 Å². The molecule has 1 N–H and O–H groups in total. The van der Waals surface area contributed by atoms with Gasteiger partial charge in [-0.1, -0.05) is 18.2 Å². The van der Waals surface area contributed by atoms with Gasteiger partial charge in [0.2, 0.25) is 0 Å². The van der Waals surface area contributed by atoms with Crippen molar-refractivity contribution in [1.29, 1.82) is 0 Å². The second kappa shape index (κ2) is 9.20. The molecule has 0 unspecified atom stereocenters. The summed E-state index contributed by atoms with van der Waals surface area (Å²) in [5, 5.41) is 23.2. The Kier molecular flexibility index (Phi) is 5.99. The molecule has 11 nitrogen and oxygen atoms in total. The Morgan fingerprint density at radius 1 is 0.882 bits per heavy atom. The largest absolute Gasteiger partial charge is 0.488 e. The summed E-state index contributed by atoms with van der Waals surface area (Å²) < 4.78 is 5.76. The first kappa shape index (κ1) is 22.1. The van der Waals surface area contributed by atoms with Gasteiger partial charge in [0.1, 0.15) is 17.9 Å². The predicted octanol–water partition coefficient (Wildman–Crippen LogP) is 3.54. The Morgan fingerprint density at radius 3 is 2.18 bits per heavy atom. The van der Waals surface area contributed by atoms with Gasteiger partial charge in [-0.25, -0.2) is 5.01 Å². The maximum atomic E-state index is 12.9. The van der Waals surface area contributed by atoms with Gasteiger partial charge < -0.3 is 4.74 Å². The van der Waals surface area contributed by atoms with Gasteiger partial charge in [-0.3, -0.25) is 35.2 Å². The third-order valence-corrected chi connectivity index (χ3v) is 4.95. The average molecular weight is 460 g/mol. The summed E-state index contributed by atoms with van der Waals surface area (Å²) >= 11 is 0. The molecule has 4 rings (SSSR count). The molecule has 170 valence electrons. The molecule has 3 aromatic carbocycles. The van der Waals surface area contributed by atoms with Crippen LogP contribution < -0.4 is 15.2 Å². The number of nitrogens with zero attached hydrogens (tertiary/aromatic N) is 3. The third-order valence-electron chi connectivity index (χ3n) is 4.95. The zero-order valence-electron chi connectivity index (χ0n) is 17.4. The molecule has 2 amide bonds. The molecule has 0 atom stereocenters. The van der Waals surface area contributed by atoms with Crippen LogP contribution in [0.2, 0.25) is 0 Å². The lowest BCUT2D eigenvalue weighted by atomic mass is 10.1. The van der Waals surface area contributed by atoms with Crippen LogP contribution in [0.25, 0.3) is 6.08 Å². The number of hydrogen-bond donors (Lipinski definition) is 1. The summed E-state index contributed by atoms with van der Waals surface area (Å²) in [4.78, 5) is 46.3. The lowest BCUT2D eigenvalue weighted by molar-refractivity contribution is -0.385. The number of hydrogen-bond acceptors (Lipinski definition) is 7. The summed E-state index contributed by atoms with van der Waals surface area (Å²) in [7, 11) is 0. The second-order valence-electron chi connectivity index (χ2n) is 7.17. The molecule has 1 saturated heterocycles. The number of nitro groups is 2. The number of rotatable bonds is 7. The Balaban J connectivity index is 1.63. The number of nitro benzene ring substituents is 2. The van der Waals surface area contributed by atoms with Crippen LogP contribution >= 0.6 is 0 Å². The van der Waals surface area contributed by atoms with Gasteiger partial charge in [0.25, 0.3) is 23.2 Å². The molecule has 1 aliphatic rings. The first-order valence-corrected chi connectivity index (χ1v) is 9.90. The van der Waals surface area contributed by atoms with Crippen molar-refractivity contribution in [2.24, 2.45) is 0 Å². The van der Waals surface area contributed by atoms with Crippen molar-refractivity contribution in [2.45, 2.75) is 6.61 Å². The highest BCUT2D eigenvalue weighted by molar-refractivity contribution is 6.31. The van der Waals surface area contributed by atoms with Crippen LogP contribution in [0, 0.1) is 20.2 Å². The minimum atomic E-state index is -0.665. The lowest BCUT2D eigenvalue weighted by Crippen LogP contribution is -2.35.